The standard InChI is InChI=1S/C24H27N5O2/c1-17(18-6-3-2-4-7-18)27-22-15-23(26-16-21(22)24(25)30)28-19-8-5-9-20(14-19)29-10-12-31-13-11-29/h2-9,14-17H,10-13H2,1H3,(H2,25,30)(H2,26,27,28)/t17-/m1/s1. The van der Waals surface area contributed by atoms with E-state index >= 15 is 0 Å². The zero-order valence-corrected chi connectivity index (χ0v) is 17.5. The van der Waals surface area contributed by atoms with Crippen LogP contribution in [-0.4, -0.2) is 37.2 Å². The molecule has 1 aliphatic rings. The number of nitrogens with one attached hydrogen (secondary N) is 2. The molecule has 4 rings (SSSR count). The van der Waals surface area contributed by atoms with E-state index in [-0.39, 0.29) is 6.04 Å². The van der Waals surface area contributed by atoms with Gasteiger partial charge in [0.1, 0.15) is 5.82 Å². The van der Waals surface area contributed by atoms with Crippen molar-refractivity contribution in [1.82, 2.24) is 4.98 Å². The second kappa shape index (κ2) is 9.49. The fourth-order valence-corrected chi connectivity index (χ4v) is 3.65. The van der Waals surface area contributed by atoms with E-state index in [4.69, 9.17) is 10.5 Å². The molecule has 1 aromatic heterocycles. The minimum atomic E-state index is -0.517. The Morgan fingerprint density at radius 3 is 2.61 bits per heavy atom. The van der Waals surface area contributed by atoms with Gasteiger partial charge in [-0.15, -0.1) is 0 Å². The molecule has 1 amide bonds. The number of hydrogen-bond acceptors (Lipinski definition) is 6. The fraction of sp³-hybridized carbons (Fsp3) is 0.250. The SMILES string of the molecule is C[C@@H](Nc1cc(Nc2cccc(N3CCOCC3)c2)ncc1C(N)=O)c1ccccc1. The van der Waals surface area contributed by atoms with Gasteiger partial charge in [-0.2, -0.15) is 0 Å². The molecule has 1 saturated heterocycles. The molecule has 31 heavy (non-hydrogen) atoms. The summed E-state index contributed by atoms with van der Waals surface area (Å²) in [6.45, 7) is 5.27. The molecule has 3 aromatic rings. The van der Waals surface area contributed by atoms with Crippen molar-refractivity contribution >= 4 is 28.8 Å². The van der Waals surface area contributed by atoms with E-state index in [1.165, 1.54) is 6.20 Å². The first-order chi connectivity index (χ1) is 15.1. The van der Waals surface area contributed by atoms with Gasteiger partial charge in [-0.05, 0) is 30.7 Å². The number of carbonyl (C=O) groups is 1. The van der Waals surface area contributed by atoms with Crippen molar-refractivity contribution in [2.45, 2.75) is 13.0 Å². The second-order valence-electron chi connectivity index (χ2n) is 7.53. The number of rotatable bonds is 7. The van der Waals surface area contributed by atoms with Crippen LogP contribution in [0.2, 0.25) is 0 Å². The zero-order chi connectivity index (χ0) is 21.6. The number of primary amides is 1. The Morgan fingerprint density at radius 2 is 1.87 bits per heavy atom. The zero-order valence-electron chi connectivity index (χ0n) is 17.5. The molecular weight excluding hydrogens is 390 g/mol. The van der Waals surface area contributed by atoms with E-state index in [2.05, 4.69) is 32.7 Å². The third-order valence-corrected chi connectivity index (χ3v) is 5.34. The summed E-state index contributed by atoms with van der Waals surface area (Å²) < 4.78 is 5.44. The highest BCUT2D eigenvalue weighted by Gasteiger charge is 2.15. The van der Waals surface area contributed by atoms with Crippen molar-refractivity contribution in [2.24, 2.45) is 5.73 Å². The number of anilines is 4. The smallest absolute Gasteiger partial charge is 0.252 e. The van der Waals surface area contributed by atoms with E-state index in [1.54, 1.807) is 0 Å². The Bertz CT molecular complexity index is 1040. The van der Waals surface area contributed by atoms with Crippen LogP contribution in [0.25, 0.3) is 0 Å². The summed E-state index contributed by atoms with van der Waals surface area (Å²) in [7, 11) is 0. The lowest BCUT2D eigenvalue weighted by atomic mass is 10.1. The van der Waals surface area contributed by atoms with E-state index in [0.717, 1.165) is 43.2 Å². The lowest BCUT2D eigenvalue weighted by molar-refractivity contribution is 0.100. The number of nitrogens with zero attached hydrogens (tertiary/aromatic N) is 2. The average Bonchev–Trinajstić information content (AvgIpc) is 2.80. The summed E-state index contributed by atoms with van der Waals surface area (Å²) in [6, 6.07) is 20.0. The predicted molar refractivity (Wildman–Crippen MR) is 124 cm³/mol. The fourth-order valence-electron chi connectivity index (χ4n) is 3.65. The lowest BCUT2D eigenvalue weighted by Gasteiger charge is -2.29. The summed E-state index contributed by atoms with van der Waals surface area (Å²) in [4.78, 5) is 18.6. The molecule has 0 unspecified atom stereocenters. The number of benzene rings is 2. The first-order valence-corrected chi connectivity index (χ1v) is 10.4. The molecular formula is C24H27N5O2. The second-order valence-corrected chi connectivity index (χ2v) is 7.53. The minimum Gasteiger partial charge on any atom is -0.378 e. The Morgan fingerprint density at radius 1 is 1.10 bits per heavy atom. The van der Waals surface area contributed by atoms with Crippen LogP contribution in [0, 0.1) is 0 Å². The normalized spacial score (nSPS) is 14.7. The largest absolute Gasteiger partial charge is 0.378 e. The molecule has 7 nitrogen and oxygen atoms in total. The van der Waals surface area contributed by atoms with Gasteiger partial charge in [-0.1, -0.05) is 36.4 Å². The maximum Gasteiger partial charge on any atom is 0.252 e. The Labute approximate surface area is 182 Å². The van der Waals surface area contributed by atoms with Gasteiger partial charge in [0.15, 0.2) is 0 Å². The molecule has 1 fully saturated rings. The summed E-state index contributed by atoms with van der Waals surface area (Å²) in [5.41, 5.74) is 9.75. The van der Waals surface area contributed by atoms with Crippen molar-refractivity contribution in [1.29, 1.82) is 0 Å². The van der Waals surface area contributed by atoms with Gasteiger partial charge in [-0.25, -0.2) is 4.98 Å². The molecule has 2 aromatic carbocycles. The van der Waals surface area contributed by atoms with E-state index in [9.17, 15) is 4.79 Å². The van der Waals surface area contributed by atoms with Crippen LogP contribution in [-0.2, 0) is 4.74 Å². The molecule has 2 heterocycles. The van der Waals surface area contributed by atoms with Crippen LogP contribution in [0.1, 0.15) is 28.9 Å². The average molecular weight is 418 g/mol. The van der Waals surface area contributed by atoms with Crippen LogP contribution < -0.4 is 21.3 Å². The number of nitrogens with two attached hydrogens (primary N) is 1. The van der Waals surface area contributed by atoms with Gasteiger partial charge < -0.3 is 26.0 Å². The van der Waals surface area contributed by atoms with Gasteiger partial charge in [0, 0.05) is 42.8 Å². The molecule has 0 spiro atoms. The lowest BCUT2D eigenvalue weighted by Crippen LogP contribution is -2.36. The molecule has 1 atom stereocenters. The first-order valence-electron chi connectivity index (χ1n) is 10.4. The first kappa shape index (κ1) is 20.7. The van der Waals surface area contributed by atoms with Crippen molar-refractivity contribution in [2.75, 3.05) is 41.8 Å². The Kier molecular flexibility index (Phi) is 6.33. The topological polar surface area (TPSA) is 92.5 Å². The maximum absolute atomic E-state index is 11.9. The number of aromatic nitrogens is 1. The number of hydrogen-bond donors (Lipinski definition) is 3. The van der Waals surface area contributed by atoms with Gasteiger partial charge in [-0.3, -0.25) is 4.79 Å². The molecule has 0 radical (unpaired) electrons. The number of pyridine rings is 1. The van der Waals surface area contributed by atoms with Gasteiger partial charge >= 0.3 is 0 Å². The predicted octanol–water partition coefficient (Wildman–Crippen LogP) is 3.93. The molecule has 0 bridgehead atoms. The molecule has 0 saturated carbocycles. The molecule has 1 aliphatic heterocycles. The summed E-state index contributed by atoms with van der Waals surface area (Å²) in [5.74, 6) is 0.114. The number of morpholine rings is 1. The summed E-state index contributed by atoms with van der Waals surface area (Å²) in [5, 5.41) is 6.74. The quantitative estimate of drug-likeness (QED) is 0.539. The van der Waals surface area contributed by atoms with E-state index in [0.29, 0.717) is 17.1 Å². The number of carbonyl (C=O) groups excluding carboxylic acids is 1. The molecule has 0 aliphatic carbocycles. The van der Waals surface area contributed by atoms with Crippen LogP contribution >= 0.6 is 0 Å². The molecule has 4 N–H and O–H groups in total. The van der Waals surface area contributed by atoms with Crippen LogP contribution in [0.3, 0.4) is 0 Å². The Hall–Kier alpha value is -3.58. The minimum absolute atomic E-state index is 0.000742. The summed E-state index contributed by atoms with van der Waals surface area (Å²) in [6.07, 6.45) is 1.51. The summed E-state index contributed by atoms with van der Waals surface area (Å²) >= 11 is 0. The van der Waals surface area contributed by atoms with Crippen molar-refractivity contribution in [3.63, 3.8) is 0 Å². The highest BCUT2D eigenvalue weighted by atomic mass is 16.5. The number of ether oxygens (including phenoxy) is 1. The number of amides is 1. The third kappa shape index (κ3) is 5.13. The highest BCUT2D eigenvalue weighted by Crippen LogP contribution is 2.27. The van der Waals surface area contributed by atoms with Gasteiger partial charge in [0.05, 0.1) is 24.5 Å². The maximum atomic E-state index is 11.9. The molecule has 7 heteroatoms. The van der Waals surface area contributed by atoms with Crippen molar-refractivity contribution in [3.05, 3.63) is 78.0 Å². The van der Waals surface area contributed by atoms with Crippen molar-refractivity contribution in [3.8, 4) is 0 Å². The van der Waals surface area contributed by atoms with E-state index in [1.807, 2.05) is 55.5 Å². The van der Waals surface area contributed by atoms with Crippen molar-refractivity contribution < 1.29 is 9.53 Å². The monoisotopic (exact) mass is 417 g/mol. The van der Waals surface area contributed by atoms with Crippen LogP contribution in [0.4, 0.5) is 22.9 Å². The van der Waals surface area contributed by atoms with E-state index < -0.39 is 5.91 Å². The third-order valence-electron chi connectivity index (χ3n) is 5.34. The Balaban J connectivity index is 1.55. The molecule has 160 valence electrons. The van der Waals surface area contributed by atoms with Gasteiger partial charge in [0.2, 0.25) is 0 Å². The highest BCUT2D eigenvalue weighted by molar-refractivity contribution is 5.98. The van der Waals surface area contributed by atoms with Crippen LogP contribution in [0.5, 0.6) is 0 Å². The van der Waals surface area contributed by atoms with Gasteiger partial charge in [0.25, 0.3) is 5.91 Å². The van der Waals surface area contributed by atoms with Crippen LogP contribution in [0.15, 0.2) is 66.9 Å².